The normalized spacial score (nSPS) is 12.6. The average Bonchev–Trinajstić information content (AvgIpc) is 2.36. The molecule has 1 atom stereocenters. The first-order valence-electron chi connectivity index (χ1n) is 5.63. The van der Waals surface area contributed by atoms with E-state index in [1.54, 1.807) is 6.07 Å². The summed E-state index contributed by atoms with van der Waals surface area (Å²) in [5.74, 6) is -1.01. The number of carboxylic acids is 1. The number of halogens is 1. The first-order chi connectivity index (χ1) is 8.97. The molecule has 6 heteroatoms. The Balaban J connectivity index is 2.36. The maximum absolute atomic E-state index is 10.6. The van der Waals surface area contributed by atoms with Crippen molar-refractivity contribution in [3.05, 3.63) is 35.0 Å². The van der Waals surface area contributed by atoms with Crippen LogP contribution in [0.4, 0.5) is 0 Å². The van der Waals surface area contributed by atoms with Crippen molar-refractivity contribution in [2.45, 2.75) is 17.9 Å². The molecular formula is C13H12ClN2O2S-. The van der Waals surface area contributed by atoms with Crippen LogP contribution in [0.3, 0.4) is 0 Å². The third kappa shape index (κ3) is 3.37. The number of carbonyl (C=O) groups is 1. The van der Waals surface area contributed by atoms with Gasteiger partial charge in [0.25, 0.3) is 0 Å². The van der Waals surface area contributed by atoms with Gasteiger partial charge >= 0.3 is 0 Å². The van der Waals surface area contributed by atoms with Gasteiger partial charge in [0.05, 0.1) is 17.5 Å². The van der Waals surface area contributed by atoms with Gasteiger partial charge < -0.3 is 15.6 Å². The summed E-state index contributed by atoms with van der Waals surface area (Å²) in [4.78, 5) is 15.9. The van der Waals surface area contributed by atoms with Crippen molar-refractivity contribution >= 4 is 40.2 Å². The van der Waals surface area contributed by atoms with Crippen molar-refractivity contribution in [1.82, 2.24) is 4.98 Å². The summed E-state index contributed by atoms with van der Waals surface area (Å²) >= 11 is 7.34. The van der Waals surface area contributed by atoms with E-state index in [1.165, 1.54) is 11.8 Å². The fourth-order valence-corrected chi connectivity index (χ4v) is 2.90. The zero-order valence-corrected chi connectivity index (χ0v) is 11.8. The Hall–Kier alpha value is -1.30. The Morgan fingerprint density at radius 1 is 1.53 bits per heavy atom. The van der Waals surface area contributed by atoms with Crippen molar-refractivity contribution in [2.24, 2.45) is 5.73 Å². The number of pyridine rings is 1. The molecule has 1 aromatic heterocycles. The van der Waals surface area contributed by atoms with E-state index >= 15 is 0 Å². The maximum Gasteiger partial charge on any atom is 0.0717 e. The van der Waals surface area contributed by atoms with Gasteiger partial charge in [-0.1, -0.05) is 11.6 Å². The lowest BCUT2D eigenvalue weighted by Crippen LogP contribution is -2.43. The Labute approximate surface area is 120 Å². The fraction of sp³-hybridized carbons (Fsp3) is 0.231. The zero-order chi connectivity index (χ0) is 14.0. The highest BCUT2D eigenvalue weighted by atomic mass is 35.5. The summed E-state index contributed by atoms with van der Waals surface area (Å²) in [6.07, 6.45) is 0. The van der Waals surface area contributed by atoms with E-state index in [4.69, 9.17) is 17.3 Å². The summed E-state index contributed by atoms with van der Waals surface area (Å²) < 4.78 is 0. The highest BCUT2D eigenvalue weighted by Gasteiger charge is 2.09. The maximum atomic E-state index is 10.6. The molecule has 19 heavy (non-hydrogen) atoms. The molecule has 0 amide bonds. The standard InChI is InChI=1S/C13H13ClN2O2S/c1-7-4-12(19-6-10(15)13(17)18)9-5-8(14)2-3-11(9)16-7/h2-5,10H,6,15H2,1H3,(H,17,18)/p-1. The van der Waals surface area contributed by atoms with Gasteiger partial charge in [-0.15, -0.1) is 11.8 Å². The molecule has 2 N–H and O–H groups in total. The number of rotatable bonds is 4. The molecule has 0 fully saturated rings. The summed E-state index contributed by atoms with van der Waals surface area (Å²) in [6.45, 7) is 1.89. The number of hydrogen-bond acceptors (Lipinski definition) is 5. The molecule has 0 bridgehead atoms. The number of benzene rings is 1. The molecule has 0 aliphatic rings. The van der Waals surface area contributed by atoms with Gasteiger partial charge in [0, 0.05) is 26.8 Å². The zero-order valence-electron chi connectivity index (χ0n) is 10.2. The van der Waals surface area contributed by atoms with E-state index in [9.17, 15) is 9.90 Å². The first kappa shape index (κ1) is 14.1. The van der Waals surface area contributed by atoms with Gasteiger partial charge in [0.1, 0.15) is 0 Å². The van der Waals surface area contributed by atoms with E-state index < -0.39 is 12.0 Å². The van der Waals surface area contributed by atoms with E-state index in [0.717, 1.165) is 21.5 Å². The number of nitrogens with two attached hydrogens (primary N) is 1. The largest absolute Gasteiger partial charge is 0.548 e. The molecule has 100 valence electrons. The van der Waals surface area contributed by atoms with Crippen LogP contribution in [-0.4, -0.2) is 22.7 Å². The van der Waals surface area contributed by atoms with Crippen molar-refractivity contribution in [1.29, 1.82) is 0 Å². The highest BCUT2D eigenvalue weighted by Crippen LogP contribution is 2.30. The van der Waals surface area contributed by atoms with Gasteiger partial charge in [-0.05, 0) is 31.2 Å². The lowest BCUT2D eigenvalue weighted by Gasteiger charge is -2.13. The summed E-state index contributed by atoms with van der Waals surface area (Å²) in [5, 5.41) is 12.1. The predicted molar refractivity (Wildman–Crippen MR) is 75.2 cm³/mol. The molecule has 1 unspecified atom stereocenters. The second-order valence-corrected chi connectivity index (χ2v) is 5.66. The van der Waals surface area contributed by atoms with Crippen molar-refractivity contribution in [3.8, 4) is 0 Å². The molecular weight excluding hydrogens is 284 g/mol. The van der Waals surface area contributed by atoms with Crippen LogP contribution >= 0.6 is 23.4 Å². The Bertz CT molecular complexity index is 633. The minimum atomic E-state index is -1.25. The minimum absolute atomic E-state index is 0.243. The number of nitrogens with zero attached hydrogens (tertiary/aromatic N) is 1. The van der Waals surface area contributed by atoms with Gasteiger partial charge in [0.2, 0.25) is 0 Å². The molecule has 0 spiro atoms. The van der Waals surface area contributed by atoms with E-state index in [0.29, 0.717) is 5.02 Å². The molecule has 1 aromatic carbocycles. The molecule has 0 saturated carbocycles. The third-order valence-corrected chi connectivity index (χ3v) is 3.99. The van der Waals surface area contributed by atoms with Gasteiger partial charge in [-0.3, -0.25) is 4.98 Å². The van der Waals surface area contributed by atoms with Crippen LogP contribution in [0.2, 0.25) is 5.02 Å². The molecule has 0 saturated heterocycles. The van der Waals surface area contributed by atoms with Crippen LogP contribution in [-0.2, 0) is 4.79 Å². The predicted octanol–water partition coefficient (Wildman–Crippen LogP) is 1.37. The number of thioether (sulfide) groups is 1. The summed E-state index contributed by atoms with van der Waals surface area (Å²) in [7, 11) is 0. The van der Waals surface area contributed by atoms with Crippen LogP contribution in [0.25, 0.3) is 10.9 Å². The molecule has 2 rings (SSSR count). The van der Waals surface area contributed by atoms with E-state index in [-0.39, 0.29) is 5.75 Å². The SMILES string of the molecule is Cc1cc(SCC(N)C(=O)[O-])c2cc(Cl)ccc2n1. The average molecular weight is 296 g/mol. The van der Waals surface area contributed by atoms with E-state index in [1.807, 2.05) is 25.1 Å². The van der Waals surface area contributed by atoms with Crippen molar-refractivity contribution in [3.63, 3.8) is 0 Å². The fourth-order valence-electron chi connectivity index (χ4n) is 1.66. The van der Waals surface area contributed by atoms with Crippen LogP contribution in [0.15, 0.2) is 29.2 Å². The van der Waals surface area contributed by atoms with Crippen LogP contribution in [0, 0.1) is 6.92 Å². The highest BCUT2D eigenvalue weighted by molar-refractivity contribution is 7.99. The van der Waals surface area contributed by atoms with Crippen LogP contribution < -0.4 is 10.8 Å². The van der Waals surface area contributed by atoms with Gasteiger partial charge in [-0.25, -0.2) is 0 Å². The minimum Gasteiger partial charge on any atom is -0.548 e. The molecule has 2 aromatic rings. The summed E-state index contributed by atoms with van der Waals surface area (Å²) in [6, 6.07) is 6.33. The second-order valence-electron chi connectivity index (χ2n) is 4.16. The number of aryl methyl sites for hydroxylation is 1. The lowest BCUT2D eigenvalue weighted by molar-refractivity contribution is -0.306. The molecule has 0 aliphatic carbocycles. The Morgan fingerprint density at radius 3 is 2.95 bits per heavy atom. The van der Waals surface area contributed by atoms with Crippen molar-refractivity contribution < 1.29 is 9.90 Å². The Morgan fingerprint density at radius 2 is 2.26 bits per heavy atom. The number of aliphatic carboxylic acids is 1. The molecule has 0 radical (unpaired) electrons. The molecule has 4 nitrogen and oxygen atoms in total. The summed E-state index contributed by atoms with van der Waals surface area (Å²) in [5.41, 5.74) is 7.14. The van der Waals surface area contributed by atoms with E-state index in [2.05, 4.69) is 4.98 Å². The van der Waals surface area contributed by atoms with Crippen LogP contribution in [0.1, 0.15) is 5.69 Å². The van der Waals surface area contributed by atoms with Gasteiger partial charge in [0.15, 0.2) is 0 Å². The monoisotopic (exact) mass is 295 g/mol. The smallest absolute Gasteiger partial charge is 0.0717 e. The van der Waals surface area contributed by atoms with Crippen LogP contribution in [0.5, 0.6) is 0 Å². The molecule has 1 heterocycles. The third-order valence-electron chi connectivity index (χ3n) is 2.58. The second kappa shape index (κ2) is 5.77. The Kier molecular flexibility index (Phi) is 4.29. The quantitative estimate of drug-likeness (QED) is 0.862. The topological polar surface area (TPSA) is 79.0 Å². The first-order valence-corrected chi connectivity index (χ1v) is 7.00. The number of carboxylic acid groups (broad SMARTS) is 1. The molecule has 0 aliphatic heterocycles. The number of aromatic nitrogens is 1. The number of hydrogen-bond donors (Lipinski definition) is 1. The van der Waals surface area contributed by atoms with Crippen molar-refractivity contribution in [2.75, 3.05) is 5.75 Å². The lowest BCUT2D eigenvalue weighted by atomic mass is 10.2. The number of fused-ring (bicyclic) bond motifs is 1. The number of carbonyl (C=O) groups excluding carboxylic acids is 1. The van der Waals surface area contributed by atoms with Gasteiger partial charge in [-0.2, -0.15) is 0 Å².